The van der Waals surface area contributed by atoms with Gasteiger partial charge in [0.15, 0.2) is 5.82 Å². The van der Waals surface area contributed by atoms with Crippen LogP contribution in [0.5, 0.6) is 5.75 Å². The van der Waals surface area contributed by atoms with Crippen molar-refractivity contribution in [3.8, 4) is 17.1 Å². The van der Waals surface area contributed by atoms with E-state index in [0.29, 0.717) is 11.6 Å². The van der Waals surface area contributed by atoms with Gasteiger partial charge in [-0.15, -0.1) is 0 Å². The monoisotopic (exact) mass is 337 g/mol. The molecule has 0 fully saturated rings. The second-order valence-corrected chi connectivity index (χ2v) is 6.10. The third-order valence-electron chi connectivity index (χ3n) is 3.01. The van der Waals surface area contributed by atoms with Crippen LogP contribution in [0.2, 0.25) is 0 Å². The number of aromatic nitrogens is 2. The van der Waals surface area contributed by atoms with Gasteiger partial charge in [-0.1, -0.05) is 15.9 Å². The molecular formula is C13H12BrN3OS. The summed E-state index contributed by atoms with van der Waals surface area (Å²) in [6.45, 7) is 0. The molecule has 0 saturated heterocycles. The molecule has 6 heteroatoms. The highest BCUT2D eigenvalue weighted by Gasteiger charge is 2.20. The lowest BCUT2D eigenvalue weighted by molar-refractivity contribution is 0.416. The Hall–Kier alpha value is -1.27. The molecule has 0 spiro atoms. The quantitative estimate of drug-likeness (QED) is 0.911. The number of ether oxygens (including phenoxy) is 1. The summed E-state index contributed by atoms with van der Waals surface area (Å²) in [5.74, 6) is 3.74. The predicted octanol–water partition coefficient (Wildman–Crippen LogP) is 3.24. The molecule has 0 unspecified atom stereocenters. The second-order valence-electron chi connectivity index (χ2n) is 4.20. The number of hydrogen-bond donors (Lipinski definition) is 1. The number of nitrogen functional groups attached to an aromatic ring is 1. The number of anilines is 1. The SMILES string of the molecule is COc1ccc(Br)cc1-c1nc(N)c2c(n1)CSC2. The molecule has 1 aliphatic rings. The van der Waals surface area contributed by atoms with E-state index in [-0.39, 0.29) is 0 Å². The Bertz CT molecular complexity index is 648. The van der Waals surface area contributed by atoms with Crippen LogP contribution >= 0.6 is 27.7 Å². The summed E-state index contributed by atoms with van der Waals surface area (Å²) in [4.78, 5) is 9.04. The summed E-state index contributed by atoms with van der Waals surface area (Å²) >= 11 is 5.27. The summed E-state index contributed by atoms with van der Waals surface area (Å²) in [6.07, 6.45) is 0. The Morgan fingerprint density at radius 2 is 2.16 bits per heavy atom. The lowest BCUT2D eigenvalue weighted by atomic mass is 10.1. The van der Waals surface area contributed by atoms with Gasteiger partial charge < -0.3 is 10.5 Å². The van der Waals surface area contributed by atoms with Crippen molar-refractivity contribution < 1.29 is 4.74 Å². The molecule has 0 amide bonds. The van der Waals surface area contributed by atoms with E-state index in [0.717, 1.165) is 38.5 Å². The summed E-state index contributed by atoms with van der Waals surface area (Å²) in [6, 6.07) is 5.76. The minimum absolute atomic E-state index is 0.576. The minimum atomic E-state index is 0.576. The number of thioether (sulfide) groups is 1. The highest BCUT2D eigenvalue weighted by Crippen LogP contribution is 2.36. The van der Waals surface area contributed by atoms with Crippen molar-refractivity contribution in [2.24, 2.45) is 0 Å². The third-order valence-corrected chi connectivity index (χ3v) is 4.48. The molecule has 98 valence electrons. The average molecular weight is 338 g/mol. The van der Waals surface area contributed by atoms with E-state index >= 15 is 0 Å². The number of halogens is 1. The smallest absolute Gasteiger partial charge is 0.165 e. The Kier molecular flexibility index (Phi) is 3.36. The van der Waals surface area contributed by atoms with E-state index in [1.165, 1.54) is 0 Å². The Morgan fingerprint density at radius 1 is 1.32 bits per heavy atom. The van der Waals surface area contributed by atoms with Gasteiger partial charge in [-0.25, -0.2) is 9.97 Å². The van der Waals surface area contributed by atoms with Gasteiger partial charge in [0.1, 0.15) is 11.6 Å². The molecule has 2 heterocycles. The van der Waals surface area contributed by atoms with Crippen molar-refractivity contribution in [2.75, 3.05) is 12.8 Å². The molecule has 0 aliphatic carbocycles. The molecule has 1 aromatic heterocycles. The molecule has 0 radical (unpaired) electrons. The number of benzene rings is 1. The summed E-state index contributed by atoms with van der Waals surface area (Å²) < 4.78 is 6.33. The zero-order chi connectivity index (χ0) is 13.4. The maximum absolute atomic E-state index is 6.02. The van der Waals surface area contributed by atoms with E-state index < -0.39 is 0 Å². The van der Waals surface area contributed by atoms with Gasteiger partial charge in [-0.05, 0) is 18.2 Å². The second kappa shape index (κ2) is 5.02. The standard InChI is InChI=1S/C13H12BrN3OS/c1-18-11-3-2-7(14)4-8(11)13-16-10-6-19-5-9(10)12(15)17-13/h2-4H,5-6H2,1H3,(H2,15,16,17). The largest absolute Gasteiger partial charge is 0.496 e. The van der Waals surface area contributed by atoms with Gasteiger partial charge in [-0.2, -0.15) is 11.8 Å². The molecule has 1 aromatic carbocycles. The first kappa shape index (κ1) is 12.7. The first-order valence-electron chi connectivity index (χ1n) is 5.76. The van der Waals surface area contributed by atoms with Crippen LogP contribution in [0.15, 0.2) is 22.7 Å². The van der Waals surface area contributed by atoms with Crippen LogP contribution < -0.4 is 10.5 Å². The maximum atomic E-state index is 6.02. The van der Waals surface area contributed by atoms with Crippen LogP contribution in [0.1, 0.15) is 11.3 Å². The fourth-order valence-electron chi connectivity index (χ4n) is 2.05. The molecule has 0 atom stereocenters. The zero-order valence-electron chi connectivity index (χ0n) is 10.3. The molecule has 3 rings (SSSR count). The lowest BCUT2D eigenvalue weighted by Gasteiger charge is -2.10. The first-order valence-corrected chi connectivity index (χ1v) is 7.70. The van der Waals surface area contributed by atoms with Crippen LogP contribution in [0.4, 0.5) is 5.82 Å². The van der Waals surface area contributed by atoms with Gasteiger partial charge in [-0.3, -0.25) is 0 Å². The number of rotatable bonds is 2. The Morgan fingerprint density at radius 3 is 2.95 bits per heavy atom. The molecular weight excluding hydrogens is 326 g/mol. The van der Waals surface area contributed by atoms with Crippen LogP contribution in [0.25, 0.3) is 11.4 Å². The summed E-state index contributed by atoms with van der Waals surface area (Å²) in [7, 11) is 1.64. The number of nitrogens with zero attached hydrogens (tertiary/aromatic N) is 2. The van der Waals surface area contributed by atoms with E-state index in [9.17, 15) is 0 Å². The molecule has 19 heavy (non-hydrogen) atoms. The minimum Gasteiger partial charge on any atom is -0.496 e. The highest BCUT2D eigenvalue weighted by atomic mass is 79.9. The molecule has 2 N–H and O–H groups in total. The molecule has 2 aromatic rings. The number of methoxy groups -OCH3 is 1. The number of hydrogen-bond acceptors (Lipinski definition) is 5. The van der Waals surface area contributed by atoms with Crippen molar-refractivity contribution in [1.29, 1.82) is 0 Å². The molecule has 4 nitrogen and oxygen atoms in total. The number of fused-ring (bicyclic) bond motifs is 1. The number of nitrogens with two attached hydrogens (primary N) is 1. The summed E-state index contributed by atoms with van der Waals surface area (Å²) in [5, 5.41) is 0. The normalized spacial score (nSPS) is 13.4. The van der Waals surface area contributed by atoms with Gasteiger partial charge >= 0.3 is 0 Å². The van der Waals surface area contributed by atoms with E-state index in [2.05, 4.69) is 25.9 Å². The average Bonchev–Trinajstić information content (AvgIpc) is 2.87. The fraction of sp³-hybridized carbons (Fsp3) is 0.231. The van der Waals surface area contributed by atoms with Crippen LogP contribution in [-0.2, 0) is 11.5 Å². The van der Waals surface area contributed by atoms with Crippen molar-refractivity contribution in [2.45, 2.75) is 11.5 Å². The Balaban J connectivity index is 2.17. The van der Waals surface area contributed by atoms with E-state index in [1.54, 1.807) is 7.11 Å². The molecule has 1 aliphatic heterocycles. The van der Waals surface area contributed by atoms with Gasteiger partial charge in [0.25, 0.3) is 0 Å². The topological polar surface area (TPSA) is 61.0 Å². The Labute approximate surface area is 123 Å². The van der Waals surface area contributed by atoms with E-state index in [4.69, 9.17) is 10.5 Å². The van der Waals surface area contributed by atoms with Gasteiger partial charge in [0, 0.05) is 21.5 Å². The third kappa shape index (κ3) is 2.30. The molecule has 0 saturated carbocycles. The van der Waals surface area contributed by atoms with Crippen molar-refractivity contribution in [3.63, 3.8) is 0 Å². The van der Waals surface area contributed by atoms with Crippen molar-refractivity contribution >= 4 is 33.5 Å². The lowest BCUT2D eigenvalue weighted by Crippen LogP contribution is -2.03. The van der Waals surface area contributed by atoms with Gasteiger partial charge in [0.05, 0.1) is 18.4 Å². The predicted molar refractivity (Wildman–Crippen MR) is 81.1 cm³/mol. The summed E-state index contributed by atoms with van der Waals surface area (Å²) in [5.41, 5.74) is 8.98. The van der Waals surface area contributed by atoms with Crippen molar-refractivity contribution in [3.05, 3.63) is 33.9 Å². The highest BCUT2D eigenvalue weighted by molar-refractivity contribution is 9.10. The first-order chi connectivity index (χ1) is 9.19. The van der Waals surface area contributed by atoms with Crippen molar-refractivity contribution in [1.82, 2.24) is 9.97 Å². The van der Waals surface area contributed by atoms with Crippen LogP contribution in [-0.4, -0.2) is 17.1 Å². The van der Waals surface area contributed by atoms with Crippen LogP contribution in [0, 0.1) is 0 Å². The van der Waals surface area contributed by atoms with Crippen LogP contribution in [0.3, 0.4) is 0 Å². The van der Waals surface area contributed by atoms with Gasteiger partial charge in [0.2, 0.25) is 0 Å². The fourth-order valence-corrected chi connectivity index (χ4v) is 3.47. The molecule has 0 bridgehead atoms. The maximum Gasteiger partial charge on any atom is 0.165 e. The van der Waals surface area contributed by atoms with E-state index in [1.807, 2.05) is 30.0 Å². The zero-order valence-corrected chi connectivity index (χ0v) is 12.7.